The number of amides is 2. The lowest BCUT2D eigenvalue weighted by atomic mass is 10.1. The molecule has 12 nitrogen and oxygen atoms in total. The van der Waals surface area contributed by atoms with Crippen LogP contribution >= 0.6 is 0 Å². The van der Waals surface area contributed by atoms with Crippen LogP contribution in [0.15, 0.2) is 24.3 Å². The maximum atomic E-state index is 12.3. The average Bonchev–Trinajstić information content (AvgIpc) is 3.34. The Bertz CT molecular complexity index is 885. The van der Waals surface area contributed by atoms with Crippen LogP contribution in [0.2, 0.25) is 0 Å². The topological polar surface area (TPSA) is 120 Å². The molecule has 1 heterocycles. The molecule has 2 amide bonds. The van der Waals surface area contributed by atoms with Gasteiger partial charge in [0.15, 0.2) is 0 Å². The Balaban J connectivity index is 1.17. The van der Waals surface area contributed by atoms with Gasteiger partial charge in [0, 0.05) is 6.61 Å². The number of hydrogen-bond acceptors (Lipinski definition) is 11. The number of hydrogen-bond donors (Lipinski definition) is 0. The first kappa shape index (κ1) is 42.2. The zero-order valence-electron chi connectivity index (χ0n) is 29.3. The first-order valence-electron chi connectivity index (χ1n) is 17.9. The summed E-state index contributed by atoms with van der Waals surface area (Å²) in [5.41, 5.74) is 0.892. The van der Waals surface area contributed by atoms with Crippen LogP contribution in [0.4, 0.5) is 0 Å². The van der Waals surface area contributed by atoms with Crippen molar-refractivity contribution < 1.29 is 52.2 Å². The van der Waals surface area contributed by atoms with Crippen molar-refractivity contribution in [1.29, 1.82) is 0 Å². The molecule has 0 radical (unpaired) electrons. The molecule has 2 rings (SSSR count). The van der Waals surface area contributed by atoms with Crippen LogP contribution in [-0.2, 0) is 42.6 Å². The quantitative estimate of drug-likeness (QED) is 0.0731. The highest BCUT2D eigenvalue weighted by molar-refractivity contribution is 6.21. The van der Waals surface area contributed by atoms with Crippen LogP contribution < -0.4 is 0 Å². The fraction of sp³-hybridized carbons (Fsp3) is 0.778. The fourth-order valence-corrected chi connectivity index (χ4v) is 4.80. The summed E-state index contributed by atoms with van der Waals surface area (Å²) in [5.74, 6) is -0.546. The summed E-state index contributed by atoms with van der Waals surface area (Å²) in [6.45, 7) is 11.6. The third-order valence-electron chi connectivity index (χ3n) is 7.46. The second-order valence-electron chi connectivity index (χ2n) is 11.3. The van der Waals surface area contributed by atoms with Gasteiger partial charge in [-0.25, -0.2) is 0 Å². The van der Waals surface area contributed by atoms with Crippen molar-refractivity contribution in [2.24, 2.45) is 0 Å². The second kappa shape index (κ2) is 31.0. The Morgan fingerprint density at radius 3 is 1.04 bits per heavy atom. The summed E-state index contributed by atoms with van der Waals surface area (Å²) >= 11 is 0. The molecule has 0 spiro atoms. The first-order chi connectivity index (χ1) is 23.8. The number of benzene rings is 1. The van der Waals surface area contributed by atoms with E-state index in [0.29, 0.717) is 117 Å². The minimum atomic E-state index is -0.273. The van der Waals surface area contributed by atoms with E-state index in [1.807, 2.05) is 0 Å². The standard InChI is InChI=1S/C36H61NO11/c1-2-3-4-5-6-7-8-11-15-40-17-19-42-21-23-44-25-27-46-29-31-48-32-30-47-28-26-45-24-22-43-20-18-41-16-14-37-35(38)33-12-9-10-13-34(33)36(37)39/h9-10,12-13H,2-8,11,14-32H2,1H3. The minimum absolute atomic E-state index is 0.219. The number of fused-ring (bicyclic) bond motifs is 1. The van der Waals surface area contributed by atoms with Crippen LogP contribution in [0.25, 0.3) is 0 Å². The summed E-state index contributed by atoms with van der Waals surface area (Å²) in [6, 6.07) is 6.83. The minimum Gasteiger partial charge on any atom is -0.379 e. The molecule has 0 aromatic heterocycles. The van der Waals surface area contributed by atoms with E-state index >= 15 is 0 Å². The van der Waals surface area contributed by atoms with E-state index < -0.39 is 0 Å². The summed E-state index contributed by atoms with van der Waals surface area (Å²) in [5, 5.41) is 0. The molecule has 12 heteroatoms. The van der Waals surface area contributed by atoms with Crippen molar-refractivity contribution in [2.75, 3.05) is 125 Å². The van der Waals surface area contributed by atoms with Crippen molar-refractivity contribution >= 4 is 11.8 Å². The summed E-state index contributed by atoms with van der Waals surface area (Å²) in [7, 11) is 0. The predicted molar refractivity (Wildman–Crippen MR) is 182 cm³/mol. The van der Waals surface area contributed by atoms with Crippen molar-refractivity contribution in [3.8, 4) is 0 Å². The zero-order chi connectivity index (χ0) is 34.2. The average molecular weight is 684 g/mol. The van der Waals surface area contributed by atoms with Crippen molar-refractivity contribution in [3.63, 3.8) is 0 Å². The Kier molecular flexibility index (Phi) is 27.2. The highest BCUT2D eigenvalue weighted by Crippen LogP contribution is 2.21. The molecule has 1 aromatic rings. The van der Waals surface area contributed by atoms with Gasteiger partial charge in [0.05, 0.1) is 130 Å². The number of rotatable bonds is 36. The molecule has 0 N–H and O–H groups in total. The second-order valence-corrected chi connectivity index (χ2v) is 11.3. The molecule has 1 aliphatic heterocycles. The maximum absolute atomic E-state index is 12.3. The number of unbranched alkanes of at least 4 members (excludes halogenated alkanes) is 7. The molecular formula is C36H61NO11. The number of nitrogens with zero attached hydrogens (tertiary/aromatic N) is 1. The molecule has 0 saturated carbocycles. The van der Waals surface area contributed by atoms with Gasteiger partial charge in [-0.05, 0) is 18.6 Å². The zero-order valence-corrected chi connectivity index (χ0v) is 29.3. The Morgan fingerprint density at radius 2 is 0.688 bits per heavy atom. The maximum Gasteiger partial charge on any atom is 0.261 e. The lowest BCUT2D eigenvalue weighted by molar-refractivity contribution is -0.0252. The molecule has 0 fully saturated rings. The number of carbonyl (C=O) groups is 2. The molecule has 1 aromatic carbocycles. The highest BCUT2D eigenvalue weighted by atomic mass is 16.6. The molecule has 276 valence electrons. The SMILES string of the molecule is CCCCCCCCCCOCCOCCOCCOCCOCCOCCOCCOCCOCCN1C(=O)c2ccccc2C1=O. The van der Waals surface area contributed by atoms with Crippen molar-refractivity contribution in [3.05, 3.63) is 35.4 Å². The third-order valence-corrected chi connectivity index (χ3v) is 7.46. The van der Waals surface area contributed by atoms with E-state index in [1.165, 1.54) is 49.8 Å². The predicted octanol–water partition coefficient (Wildman–Crippen LogP) is 4.57. The van der Waals surface area contributed by atoms with E-state index in [1.54, 1.807) is 24.3 Å². The van der Waals surface area contributed by atoms with Crippen molar-refractivity contribution in [1.82, 2.24) is 4.90 Å². The first-order valence-corrected chi connectivity index (χ1v) is 17.9. The van der Waals surface area contributed by atoms with E-state index in [4.69, 9.17) is 42.6 Å². The van der Waals surface area contributed by atoms with E-state index in [9.17, 15) is 9.59 Å². The van der Waals surface area contributed by atoms with Crippen LogP contribution in [0.1, 0.15) is 79.0 Å². The summed E-state index contributed by atoms with van der Waals surface area (Å²) < 4.78 is 49.6. The smallest absolute Gasteiger partial charge is 0.261 e. The number of imide groups is 1. The normalized spacial score (nSPS) is 12.8. The molecule has 0 bridgehead atoms. The van der Waals surface area contributed by atoms with Gasteiger partial charge in [-0.2, -0.15) is 0 Å². The molecule has 48 heavy (non-hydrogen) atoms. The van der Waals surface area contributed by atoms with E-state index in [-0.39, 0.29) is 25.0 Å². The lowest BCUT2D eigenvalue weighted by Gasteiger charge is -2.13. The molecule has 0 aliphatic carbocycles. The third kappa shape index (κ3) is 21.2. The Hall–Kier alpha value is -2.00. The molecule has 0 unspecified atom stereocenters. The van der Waals surface area contributed by atoms with E-state index in [2.05, 4.69) is 6.92 Å². The largest absolute Gasteiger partial charge is 0.379 e. The van der Waals surface area contributed by atoms with Gasteiger partial charge >= 0.3 is 0 Å². The van der Waals surface area contributed by atoms with E-state index in [0.717, 1.165) is 13.0 Å². The van der Waals surface area contributed by atoms with Crippen LogP contribution in [0, 0.1) is 0 Å². The van der Waals surface area contributed by atoms with Gasteiger partial charge in [-0.3, -0.25) is 14.5 Å². The van der Waals surface area contributed by atoms with Gasteiger partial charge in [-0.1, -0.05) is 64.0 Å². The van der Waals surface area contributed by atoms with Gasteiger partial charge < -0.3 is 42.6 Å². The van der Waals surface area contributed by atoms with Gasteiger partial charge in [0.2, 0.25) is 0 Å². The number of carbonyl (C=O) groups excluding carboxylic acids is 2. The van der Waals surface area contributed by atoms with Crippen LogP contribution in [-0.4, -0.2) is 142 Å². The van der Waals surface area contributed by atoms with Crippen LogP contribution in [0.3, 0.4) is 0 Å². The molecule has 1 aliphatic rings. The Labute approximate surface area is 287 Å². The number of ether oxygens (including phenoxy) is 9. The molecule has 0 atom stereocenters. The van der Waals surface area contributed by atoms with Gasteiger partial charge in [0.1, 0.15) is 0 Å². The Morgan fingerprint density at radius 1 is 0.396 bits per heavy atom. The van der Waals surface area contributed by atoms with Crippen LogP contribution in [0.5, 0.6) is 0 Å². The monoisotopic (exact) mass is 683 g/mol. The summed E-state index contributed by atoms with van der Waals surface area (Å²) in [6.07, 6.45) is 10.5. The van der Waals surface area contributed by atoms with Gasteiger partial charge in [-0.15, -0.1) is 0 Å². The lowest BCUT2D eigenvalue weighted by Crippen LogP contribution is -2.33. The molecular weight excluding hydrogens is 622 g/mol. The van der Waals surface area contributed by atoms with Crippen molar-refractivity contribution in [2.45, 2.75) is 58.3 Å². The fourth-order valence-electron chi connectivity index (χ4n) is 4.80. The molecule has 0 saturated heterocycles. The van der Waals surface area contributed by atoms with Gasteiger partial charge in [0.25, 0.3) is 11.8 Å². The highest BCUT2D eigenvalue weighted by Gasteiger charge is 2.34. The summed E-state index contributed by atoms with van der Waals surface area (Å²) in [4.78, 5) is 25.8.